The maximum atomic E-state index is 12.2. The minimum atomic E-state index is -0.766. The van der Waals surface area contributed by atoms with Gasteiger partial charge in [-0.2, -0.15) is 0 Å². The van der Waals surface area contributed by atoms with Crippen molar-refractivity contribution < 1.29 is 14.3 Å². The molecule has 0 N–H and O–H groups in total. The van der Waals surface area contributed by atoms with Crippen LogP contribution in [0.15, 0.2) is 30.3 Å². The van der Waals surface area contributed by atoms with Gasteiger partial charge in [-0.15, -0.1) is 11.8 Å². The van der Waals surface area contributed by atoms with Crippen molar-refractivity contribution in [3.05, 3.63) is 35.9 Å². The van der Waals surface area contributed by atoms with Crippen molar-refractivity contribution in [2.75, 3.05) is 7.11 Å². The molecule has 0 amide bonds. The maximum absolute atomic E-state index is 12.2. The van der Waals surface area contributed by atoms with E-state index in [0.29, 0.717) is 18.4 Å². The van der Waals surface area contributed by atoms with Gasteiger partial charge >= 0.3 is 5.97 Å². The minimum Gasteiger partial charge on any atom is -0.468 e. The van der Waals surface area contributed by atoms with E-state index in [1.165, 1.54) is 7.11 Å². The summed E-state index contributed by atoms with van der Waals surface area (Å²) >= 11 is 0. The third-order valence-corrected chi connectivity index (χ3v) is 2.60. The van der Waals surface area contributed by atoms with Crippen LogP contribution < -0.4 is 0 Å². The fourth-order valence-corrected chi connectivity index (χ4v) is 1.64. The van der Waals surface area contributed by atoms with E-state index in [1.54, 1.807) is 31.2 Å². The number of ether oxygens (including phenoxy) is 1. The Morgan fingerprint density at radius 1 is 1.28 bits per heavy atom. The summed E-state index contributed by atoms with van der Waals surface area (Å²) in [6.45, 7) is 1.73. The molecule has 3 heteroatoms. The molecule has 1 rings (SSSR count). The van der Waals surface area contributed by atoms with Crippen LogP contribution in [0, 0.1) is 17.8 Å². The highest BCUT2D eigenvalue weighted by Gasteiger charge is 2.27. The van der Waals surface area contributed by atoms with Gasteiger partial charge < -0.3 is 4.74 Å². The van der Waals surface area contributed by atoms with Gasteiger partial charge in [0, 0.05) is 12.0 Å². The van der Waals surface area contributed by atoms with Crippen LogP contribution in [0.3, 0.4) is 0 Å². The Bertz CT molecular complexity index is 466. The lowest BCUT2D eigenvalue weighted by Crippen LogP contribution is -2.25. The van der Waals surface area contributed by atoms with Gasteiger partial charge in [0.15, 0.2) is 5.78 Å². The molecule has 94 valence electrons. The van der Waals surface area contributed by atoms with Crippen molar-refractivity contribution in [1.29, 1.82) is 0 Å². The molecule has 0 aromatic heterocycles. The second kappa shape index (κ2) is 7.29. The lowest BCUT2D eigenvalue weighted by atomic mass is 9.93. The molecule has 0 aliphatic heterocycles. The summed E-state index contributed by atoms with van der Waals surface area (Å²) in [5.41, 5.74) is 0.525. The van der Waals surface area contributed by atoms with Gasteiger partial charge in [0.2, 0.25) is 0 Å². The van der Waals surface area contributed by atoms with Crippen LogP contribution in [0.2, 0.25) is 0 Å². The molecule has 0 radical (unpaired) electrons. The van der Waals surface area contributed by atoms with Crippen molar-refractivity contribution in [3.8, 4) is 11.8 Å². The molecule has 0 saturated carbocycles. The number of Topliss-reactive ketones (excluding diaryl/α,β-unsaturated/α-hetero) is 1. The van der Waals surface area contributed by atoms with Crippen LogP contribution in [0.1, 0.15) is 30.1 Å². The average molecular weight is 244 g/mol. The molecule has 0 spiro atoms. The number of hydrogen-bond acceptors (Lipinski definition) is 3. The van der Waals surface area contributed by atoms with Crippen LogP contribution in [-0.2, 0) is 9.53 Å². The monoisotopic (exact) mass is 244 g/mol. The highest BCUT2D eigenvalue weighted by atomic mass is 16.5. The molecule has 1 aromatic rings. The second-order valence-corrected chi connectivity index (χ2v) is 3.77. The van der Waals surface area contributed by atoms with Crippen LogP contribution in [0.4, 0.5) is 0 Å². The molecule has 0 aliphatic rings. The molecule has 3 nitrogen and oxygen atoms in total. The number of carbonyl (C=O) groups excluding carboxylic acids is 2. The first-order valence-corrected chi connectivity index (χ1v) is 5.77. The van der Waals surface area contributed by atoms with Gasteiger partial charge in [-0.3, -0.25) is 9.59 Å². The molecule has 18 heavy (non-hydrogen) atoms. The predicted molar refractivity (Wildman–Crippen MR) is 69.0 cm³/mol. The largest absolute Gasteiger partial charge is 0.468 e. The van der Waals surface area contributed by atoms with Crippen molar-refractivity contribution >= 4 is 11.8 Å². The molecule has 0 saturated heterocycles. The number of carbonyl (C=O) groups is 2. The van der Waals surface area contributed by atoms with E-state index in [1.807, 2.05) is 6.07 Å². The quantitative estimate of drug-likeness (QED) is 0.346. The standard InChI is InChI=1S/C15H16O3/c1-3-4-6-11-13(15(17)18-2)14(16)12-9-7-5-8-10-12/h5,7-10,13H,6,11H2,1-2H3. The van der Waals surface area contributed by atoms with Gasteiger partial charge in [-0.1, -0.05) is 30.3 Å². The molecular formula is C15H16O3. The summed E-state index contributed by atoms with van der Waals surface area (Å²) in [4.78, 5) is 23.8. The zero-order valence-electron chi connectivity index (χ0n) is 10.6. The zero-order valence-corrected chi connectivity index (χ0v) is 10.6. The van der Waals surface area contributed by atoms with Crippen LogP contribution >= 0.6 is 0 Å². The Kier molecular flexibility index (Phi) is 5.66. The highest BCUT2D eigenvalue weighted by molar-refractivity contribution is 6.08. The van der Waals surface area contributed by atoms with E-state index in [-0.39, 0.29) is 5.78 Å². The van der Waals surface area contributed by atoms with Crippen LogP contribution in [0.5, 0.6) is 0 Å². The number of esters is 1. The van der Waals surface area contributed by atoms with Gasteiger partial charge in [-0.25, -0.2) is 0 Å². The first-order chi connectivity index (χ1) is 8.70. The summed E-state index contributed by atoms with van der Waals surface area (Å²) in [5.74, 6) is 4.13. The normalized spacial score (nSPS) is 11.0. The molecule has 0 fully saturated rings. The maximum Gasteiger partial charge on any atom is 0.316 e. The Labute approximate surface area is 107 Å². The smallest absolute Gasteiger partial charge is 0.316 e. The number of hydrogen-bond donors (Lipinski definition) is 0. The number of ketones is 1. The summed E-state index contributed by atoms with van der Waals surface area (Å²) in [7, 11) is 1.29. The summed E-state index contributed by atoms with van der Waals surface area (Å²) in [6, 6.07) is 8.76. The SMILES string of the molecule is CC#CCCC(C(=O)OC)C(=O)c1ccccc1. The summed E-state index contributed by atoms with van der Waals surface area (Å²) in [6.07, 6.45) is 0.899. The predicted octanol–water partition coefficient (Wildman–Crippen LogP) is 2.46. The van der Waals surface area contributed by atoms with E-state index < -0.39 is 11.9 Å². The van der Waals surface area contributed by atoms with Gasteiger partial charge in [0.1, 0.15) is 5.92 Å². The van der Waals surface area contributed by atoms with Gasteiger partial charge in [-0.05, 0) is 13.3 Å². The van der Waals surface area contributed by atoms with Gasteiger partial charge in [0.05, 0.1) is 7.11 Å². The van der Waals surface area contributed by atoms with Crippen molar-refractivity contribution in [2.45, 2.75) is 19.8 Å². The number of benzene rings is 1. The fourth-order valence-electron chi connectivity index (χ4n) is 1.64. The molecule has 1 aromatic carbocycles. The lowest BCUT2D eigenvalue weighted by Gasteiger charge is -2.12. The zero-order chi connectivity index (χ0) is 13.4. The topological polar surface area (TPSA) is 43.4 Å². The molecule has 0 aliphatic carbocycles. The van der Waals surface area contributed by atoms with E-state index in [2.05, 4.69) is 16.6 Å². The van der Waals surface area contributed by atoms with Crippen molar-refractivity contribution in [3.63, 3.8) is 0 Å². The number of methoxy groups -OCH3 is 1. The third-order valence-electron chi connectivity index (χ3n) is 2.60. The molecule has 0 bridgehead atoms. The van der Waals surface area contributed by atoms with Crippen molar-refractivity contribution in [1.82, 2.24) is 0 Å². The molecule has 0 heterocycles. The van der Waals surface area contributed by atoms with Crippen molar-refractivity contribution in [2.24, 2.45) is 5.92 Å². The lowest BCUT2D eigenvalue weighted by molar-refractivity contribution is -0.143. The summed E-state index contributed by atoms with van der Waals surface area (Å²) < 4.78 is 4.68. The molecule has 1 unspecified atom stereocenters. The van der Waals surface area contributed by atoms with E-state index in [4.69, 9.17) is 0 Å². The Hall–Kier alpha value is -2.08. The van der Waals surface area contributed by atoms with Crippen LogP contribution in [-0.4, -0.2) is 18.9 Å². The second-order valence-electron chi connectivity index (χ2n) is 3.77. The molecular weight excluding hydrogens is 228 g/mol. The summed E-state index contributed by atoms with van der Waals surface area (Å²) in [5, 5.41) is 0. The highest BCUT2D eigenvalue weighted by Crippen LogP contribution is 2.15. The minimum absolute atomic E-state index is 0.208. The van der Waals surface area contributed by atoms with Gasteiger partial charge in [0.25, 0.3) is 0 Å². The Morgan fingerprint density at radius 2 is 1.94 bits per heavy atom. The van der Waals surface area contributed by atoms with E-state index in [0.717, 1.165) is 0 Å². The Morgan fingerprint density at radius 3 is 2.50 bits per heavy atom. The fraction of sp³-hybridized carbons (Fsp3) is 0.333. The number of rotatable bonds is 5. The first-order valence-electron chi connectivity index (χ1n) is 5.77. The average Bonchev–Trinajstić information content (AvgIpc) is 2.43. The third kappa shape index (κ3) is 3.74. The Balaban J connectivity index is 2.84. The first kappa shape index (κ1) is 14.0. The molecule has 1 atom stereocenters. The van der Waals surface area contributed by atoms with E-state index >= 15 is 0 Å². The van der Waals surface area contributed by atoms with Crippen LogP contribution in [0.25, 0.3) is 0 Å². The van der Waals surface area contributed by atoms with E-state index in [9.17, 15) is 9.59 Å².